The maximum absolute atomic E-state index is 12.7. The Labute approximate surface area is 178 Å². The van der Waals surface area contributed by atoms with Gasteiger partial charge in [0.15, 0.2) is 12.4 Å². The van der Waals surface area contributed by atoms with Crippen molar-refractivity contribution in [2.24, 2.45) is 0 Å². The van der Waals surface area contributed by atoms with Crippen LogP contribution < -0.4 is 9.88 Å². The van der Waals surface area contributed by atoms with Gasteiger partial charge in [-0.3, -0.25) is 4.79 Å². The first kappa shape index (κ1) is 21.1. The molecular weight excluding hydrogens is 406 g/mol. The van der Waals surface area contributed by atoms with Crippen molar-refractivity contribution in [3.63, 3.8) is 0 Å². The summed E-state index contributed by atoms with van der Waals surface area (Å²) in [7, 11) is -1.23. The van der Waals surface area contributed by atoms with Crippen LogP contribution in [0.2, 0.25) is 0 Å². The van der Waals surface area contributed by atoms with E-state index >= 15 is 0 Å². The summed E-state index contributed by atoms with van der Waals surface area (Å²) in [5.41, 5.74) is 1.14. The summed E-state index contributed by atoms with van der Waals surface area (Å²) in [5, 5.41) is 12.1. The van der Waals surface area contributed by atoms with Crippen LogP contribution in [0.1, 0.15) is 29.4 Å². The molecule has 1 aromatic heterocycles. The number of aliphatic hydroxyl groups is 1. The number of benzene rings is 1. The Morgan fingerprint density at radius 2 is 1.97 bits per heavy atom. The summed E-state index contributed by atoms with van der Waals surface area (Å²) < 4.78 is 27.4. The lowest BCUT2D eigenvalue weighted by Crippen LogP contribution is -2.40. The average Bonchev–Trinajstić information content (AvgIpc) is 3.29. The van der Waals surface area contributed by atoms with Gasteiger partial charge in [0.25, 0.3) is 12.1 Å². The molecule has 2 aliphatic rings. The fourth-order valence-corrected chi connectivity index (χ4v) is 4.71. The van der Waals surface area contributed by atoms with Gasteiger partial charge in [0.05, 0.1) is 30.8 Å². The Morgan fingerprint density at radius 3 is 2.67 bits per heavy atom. The fourth-order valence-electron chi connectivity index (χ4n) is 3.57. The molecule has 8 nitrogen and oxygen atoms in total. The van der Waals surface area contributed by atoms with Crippen LogP contribution in [-0.2, 0) is 20.5 Å². The second-order valence-corrected chi connectivity index (χ2v) is 8.77. The van der Waals surface area contributed by atoms with E-state index in [4.69, 9.17) is 9.47 Å². The number of aliphatic hydroxyl groups excluding tert-OH is 1. The maximum atomic E-state index is 12.7. The average molecular weight is 433 g/mol. The zero-order valence-electron chi connectivity index (χ0n) is 16.6. The molecule has 0 radical (unpaired) electrons. The molecule has 2 saturated heterocycles. The molecule has 9 heteroatoms. The lowest BCUT2D eigenvalue weighted by molar-refractivity contribution is -0.759. The number of carbonyl (C=O) groups excluding carboxylic acids is 1. The minimum absolute atomic E-state index is 0.00353. The van der Waals surface area contributed by atoms with Crippen LogP contribution in [0.5, 0.6) is 0 Å². The number of carbonyl (C=O) groups is 1. The Kier molecular flexibility index (Phi) is 6.86. The standard InChI is InChI=1S/C21H25N3O5S/c25-15-18-5-8-20(29-18)23-9-1-2-16(14-23)21(26)22-17-3-6-19(7-4-17)30(27)24-10-12-28-13-11-24/h1-4,6-7,9,14,18,20,25H,5,8,10-13,15H2/p+1/t18-,20+,30?/m0/s1. The first-order valence-electron chi connectivity index (χ1n) is 10.1. The van der Waals surface area contributed by atoms with Crippen molar-refractivity contribution < 1.29 is 28.2 Å². The molecule has 3 atom stereocenters. The van der Waals surface area contributed by atoms with Gasteiger partial charge < -0.3 is 19.9 Å². The van der Waals surface area contributed by atoms with Gasteiger partial charge in [0, 0.05) is 31.3 Å². The van der Waals surface area contributed by atoms with Gasteiger partial charge in [-0.05, 0) is 36.8 Å². The number of ether oxygens (including phenoxy) is 2. The van der Waals surface area contributed by atoms with Gasteiger partial charge in [0.1, 0.15) is 16.5 Å². The van der Waals surface area contributed by atoms with Crippen molar-refractivity contribution in [3.8, 4) is 0 Å². The van der Waals surface area contributed by atoms with Gasteiger partial charge in [-0.25, -0.2) is 8.51 Å². The van der Waals surface area contributed by atoms with E-state index < -0.39 is 11.0 Å². The lowest BCUT2D eigenvalue weighted by Gasteiger charge is -2.25. The highest BCUT2D eigenvalue weighted by Crippen LogP contribution is 2.23. The van der Waals surface area contributed by atoms with E-state index in [9.17, 15) is 14.1 Å². The maximum Gasteiger partial charge on any atom is 0.262 e. The molecule has 0 saturated carbocycles. The molecule has 2 fully saturated rings. The molecule has 30 heavy (non-hydrogen) atoms. The van der Waals surface area contributed by atoms with Crippen LogP contribution in [0, 0.1) is 0 Å². The highest BCUT2D eigenvalue weighted by molar-refractivity contribution is 7.82. The number of pyridine rings is 1. The normalized spacial score (nSPS) is 23.2. The summed E-state index contributed by atoms with van der Waals surface area (Å²) >= 11 is 0. The summed E-state index contributed by atoms with van der Waals surface area (Å²) in [6.07, 6.45) is 4.87. The molecule has 1 unspecified atom stereocenters. The molecule has 0 aliphatic carbocycles. The number of rotatable bonds is 6. The first-order valence-corrected chi connectivity index (χ1v) is 11.2. The first-order chi connectivity index (χ1) is 14.6. The number of nitrogens with zero attached hydrogens (tertiary/aromatic N) is 2. The summed E-state index contributed by atoms with van der Waals surface area (Å²) in [6, 6.07) is 10.6. The zero-order valence-corrected chi connectivity index (χ0v) is 17.4. The Balaban J connectivity index is 1.39. The molecule has 3 heterocycles. The monoisotopic (exact) mass is 432 g/mol. The van der Waals surface area contributed by atoms with Crippen LogP contribution in [0.3, 0.4) is 0 Å². The molecule has 1 aromatic carbocycles. The molecule has 0 bridgehead atoms. The van der Waals surface area contributed by atoms with E-state index in [-0.39, 0.29) is 24.8 Å². The van der Waals surface area contributed by atoms with E-state index in [0.717, 1.165) is 12.8 Å². The van der Waals surface area contributed by atoms with Crippen molar-refractivity contribution in [2.75, 3.05) is 38.2 Å². The van der Waals surface area contributed by atoms with Gasteiger partial charge in [-0.1, -0.05) is 0 Å². The van der Waals surface area contributed by atoms with Crippen LogP contribution in [-0.4, -0.2) is 58.5 Å². The molecule has 160 valence electrons. The van der Waals surface area contributed by atoms with E-state index in [0.29, 0.717) is 42.4 Å². The minimum Gasteiger partial charge on any atom is -0.394 e. The van der Waals surface area contributed by atoms with E-state index in [1.54, 1.807) is 42.6 Å². The van der Waals surface area contributed by atoms with Gasteiger partial charge in [0.2, 0.25) is 0 Å². The number of hydrogen-bond acceptors (Lipinski definition) is 5. The number of nitrogens with one attached hydrogen (secondary N) is 1. The molecule has 1 amide bonds. The molecule has 4 rings (SSSR count). The van der Waals surface area contributed by atoms with Crippen LogP contribution in [0.15, 0.2) is 53.7 Å². The Morgan fingerprint density at radius 1 is 1.20 bits per heavy atom. The zero-order chi connectivity index (χ0) is 20.9. The number of amides is 1. The summed E-state index contributed by atoms with van der Waals surface area (Å²) in [5.74, 6) is -0.233. The highest BCUT2D eigenvalue weighted by atomic mass is 32.2. The molecule has 0 spiro atoms. The second kappa shape index (κ2) is 9.76. The smallest absolute Gasteiger partial charge is 0.262 e. The largest absolute Gasteiger partial charge is 0.394 e. The summed E-state index contributed by atoms with van der Waals surface area (Å²) in [6.45, 7) is 2.46. The topological polar surface area (TPSA) is 92.0 Å². The van der Waals surface area contributed by atoms with Gasteiger partial charge in [-0.2, -0.15) is 4.57 Å². The van der Waals surface area contributed by atoms with Crippen molar-refractivity contribution in [2.45, 2.75) is 30.1 Å². The van der Waals surface area contributed by atoms with Crippen LogP contribution >= 0.6 is 0 Å². The van der Waals surface area contributed by atoms with Crippen molar-refractivity contribution in [3.05, 3.63) is 54.4 Å². The van der Waals surface area contributed by atoms with E-state index in [1.807, 2.05) is 15.1 Å². The van der Waals surface area contributed by atoms with Crippen LogP contribution in [0.4, 0.5) is 5.69 Å². The third-order valence-electron chi connectivity index (χ3n) is 5.22. The molecule has 2 N–H and O–H groups in total. The minimum atomic E-state index is -1.23. The summed E-state index contributed by atoms with van der Waals surface area (Å²) in [4.78, 5) is 13.4. The van der Waals surface area contributed by atoms with Gasteiger partial charge in [-0.15, -0.1) is 0 Å². The fraction of sp³-hybridized carbons (Fsp3) is 0.429. The van der Waals surface area contributed by atoms with Crippen molar-refractivity contribution >= 4 is 22.6 Å². The van der Waals surface area contributed by atoms with E-state index in [1.165, 1.54) is 0 Å². The van der Waals surface area contributed by atoms with Gasteiger partial charge >= 0.3 is 0 Å². The second-order valence-electron chi connectivity index (χ2n) is 7.28. The van der Waals surface area contributed by atoms with E-state index in [2.05, 4.69) is 5.32 Å². The quantitative estimate of drug-likeness (QED) is 0.671. The molecular formula is C21H26N3O5S+. The molecule has 2 aliphatic heterocycles. The molecule has 2 aromatic rings. The lowest BCUT2D eigenvalue weighted by atomic mass is 10.2. The Bertz CT molecular complexity index is 902. The van der Waals surface area contributed by atoms with Crippen molar-refractivity contribution in [1.29, 1.82) is 0 Å². The SMILES string of the molecule is O=C(Nc1ccc(S(=O)N2CCOCC2)cc1)c1ccc[n+]([C@H]2CC[C@@H](CO)O2)c1. The number of hydrogen-bond donors (Lipinski definition) is 2. The predicted octanol–water partition coefficient (Wildman–Crippen LogP) is 1.25. The number of aromatic nitrogens is 1. The number of morpholine rings is 1. The van der Waals surface area contributed by atoms with Crippen LogP contribution in [0.25, 0.3) is 0 Å². The number of anilines is 1. The third kappa shape index (κ3) is 4.93. The predicted molar refractivity (Wildman–Crippen MR) is 110 cm³/mol. The highest BCUT2D eigenvalue weighted by Gasteiger charge is 2.31. The Hall–Kier alpha value is -2.17. The van der Waals surface area contributed by atoms with Crippen molar-refractivity contribution in [1.82, 2.24) is 4.31 Å². The third-order valence-corrected chi connectivity index (χ3v) is 6.73.